The van der Waals surface area contributed by atoms with Crippen molar-refractivity contribution in [2.75, 3.05) is 20.3 Å². The lowest BCUT2D eigenvalue weighted by Gasteiger charge is -2.11. The Bertz CT molecular complexity index is 444. The van der Waals surface area contributed by atoms with E-state index in [0.29, 0.717) is 24.0 Å². The topological polar surface area (TPSA) is 73.6 Å². The molecule has 1 aliphatic rings. The molecule has 1 amide bonds. The van der Waals surface area contributed by atoms with Gasteiger partial charge in [-0.3, -0.25) is 4.79 Å². The van der Waals surface area contributed by atoms with Crippen LogP contribution in [0.4, 0.5) is 0 Å². The fourth-order valence-corrected chi connectivity index (χ4v) is 1.73. The van der Waals surface area contributed by atoms with Crippen molar-refractivity contribution in [1.82, 2.24) is 5.32 Å². The second kappa shape index (κ2) is 6.43. The van der Waals surface area contributed by atoms with Crippen molar-refractivity contribution in [3.63, 3.8) is 0 Å². The molecule has 3 N–H and O–H groups in total. The van der Waals surface area contributed by atoms with Crippen LogP contribution in [0.15, 0.2) is 18.2 Å². The normalized spacial score (nSPS) is 14.0. The molecule has 1 fully saturated rings. The second-order valence-corrected chi connectivity index (χ2v) is 4.73. The second-order valence-electron chi connectivity index (χ2n) is 4.73. The van der Waals surface area contributed by atoms with Gasteiger partial charge in [-0.2, -0.15) is 0 Å². The van der Waals surface area contributed by atoms with Crippen LogP contribution in [0.5, 0.6) is 11.5 Å². The number of nitrogens with two attached hydrogens (primary N) is 1. The number of hydrogen-bond donors (Lipinski definition) is 2. The summed E-state index contributed by atoms with van der Waals surface area (Å²) in [6.45, 7) is 1.20. The molecule has 1 aliphatic carbocycles. The Morgan fingerprint density at radius 1 is 1.42 bits per heavy atom. The minimum absolute atomic E-state index is 0.00501. The standard InChI is InChI=1S/C14H20N2O3/c1-18-13-6-11(7-15)4-5-12(13)19-9-14(17)16-8-10-2-3-10/h4-6,10H,2-3,7-9,15H2,1H3,(H,16,17). The molecule has 0 spiro atoms. The Labute approximate surface area is 113 Å². The molecule has 2 rings (SSSR count). The number of ether oxygens (including phenoxy) is 2. The number of amides is 1. The smallest absolute Gasteiger partial charge is 0.257 e. The van der Waals surface area contributed by atoms with Gasteiger partial charge in [-0.15, -0.1) is 0 Å². The first-order chi connectivity index (χ1) is 9.22. The number of hydrogen-bond acceptors (Lipinski definition) is 4. The molecule has 0 heterocycles. The van der Waals surface area contributed by atoms with Gasteiger partial charge < -0.3 is 20.5 Å². The number of nitrogens with one attached hydrogen (secondary N) is 1. The Morgan fingerprint density at radius 2 is 2.21 bits per heavy atom. The number of carbonyl (C=O) groups excluding carboxylic acids is 1. The summed E-state index contributed by atoms with van der Waals surface area (Å²) in [5, 5.41) is 2.85. The van der Waals surface area contributed by atoms with Gasteiger partial charge in [0.15, 0.2) is 18.1 Å². The van der Waals surface area contributed by atoms with Gasteiger partial charge in [0, 0.05) is 13.1 Å². The molecule has 0 aliphatic heterocycles. The van der Waals surface area contributed by atoms with Gasteiger partial charge in [-0.05, 0) is 36.5 Å². The first-order valence-electron chi connectivity index (χ1n) is 6.49. The Hall–Kier alpha value is -1.75. The lowest BCUT2D eigenvalue weighted by molar-refractivity contribution is -0.123. The Morgan fingerprint density at radius 3 is 2.84 bits per heavy atom. The third-order valence-electron chi connectivity index (χ3n) is 3.11. The third-order valence-corrected chi connectivity index (χ3v) is 3.11. The number of rotatable bonds is 7. The maximum absolute atomic E-state index is 11.6. The van der Waals surface area contributed by atoms with E-state index in [-0.39, 0.29) is 12.5 Å². The molecule has 104 valence electrons. The van der Waals surface area contributed by atoms with Gasteiger partial charge in [-0.25, -0.2) is 0 Å². The summed E-state index contributed by atoms with van der Waals surface area (Å²) >= 11 is 0. The SMILES string of the molecule is COc1cc(CN)ccc1OCC(=O)NCC1CC1. The summed E-state index contributed by atoms with van der Waals surface area (Å²) in [4.78, 5) is 11.6. The van der Waals surface area contributed by atoms with E-state index < -0.39 is 0 Å². The molecule has 0 radical (unpaired) electrons. The molecule has 5 nitrogen and oxygen atoms in total. The molecular weight excluding hydrogens is 244 g/mol. The van der Waals surface area contributed by atoms with Gasteiger partial charge in [0.05, 0.1) is 7.11 Å². The molecule has 1 saturated carbocycles. The number of benzene rings is 1. The molecule has 1 aromatic carbocycles. The Balaban J connectivity index is 1.85. The third kappa shape index (κ3) is 4.13. The van der Waals surface area contributed by atoms with Crippen molar-refractivity contribution in [2.24, 2.45) is 11.7 Å². The summed E-state index contributed by atoms with van der Waals surface area (Å²) < 4.78 is 10.7. The van der Waals surface area contributed by atoms with E-state index in [9.17, 15) is 4.79 Å². The molecule has 5 heteroatoms. The van der Waals surface area contributed by atoms with E-state index in [0.717, 1.165) is 12.1 Å². The molecule has 0 atom stereocenters. The minimum Gasteiger partial charge on any atom is -0.493 e. The molecule has 19 heavy (non-hydrogen) atoms. The largest absolute Gasteiger partial charge is 0.493 e. The lowest BCUT2D eigenvalue weighted by Crippen LogP contribution is -2.30. The monoisotopic (exact) mass is 264 g/mol. The molecule has 0 bridgehead atoms. The highest BCUT2D eigenvalue weighted by Gasteiger charge is 2.21. The van der Waals surface area contributed by atoms with Crippen LogP contribution in [0.1, 0.15) is 18.4 Å². The van der Waals surface area contributed by atoms with E-state index in [1.807, 2.05) is 12.1 Å². The van der Waals surface area contributed by atoms with Crippen molar-refractivity contribution in [3.05, 3.63) is 23.8 Å². The van der Waals surface area contributed by atoms with Crippen LogP contribution in [-0.4, -0.2) is 26.2 Å². The van der Waals surface area contributed by atoms with Crippen molar-refractivity contribution >= 4 is 5.91 Å². The molecule has 0 aromatic heterocycles. The van der Waals surface area contributed by atoms with E-state index in [1.165, 1.54) is 12.8 Å². The lowest BCUT2D eigenvalue weighted by atomic mass is 10.2. The first-order valence-corrected chi connectivity index (χ1v) is 6.49. The fourth-order valence-electron chi connectivity index (χ4n) is 1.73. The first kappa shape index (κ1) is 13.7. The summed E-state index contributed by atoms with van der Waals surface area (Å²) in [7, 11) is 1.57. The quantitative estimate of drug-likeness (QED) is 0.772. The zero-order chi connectivity index (χ0) is 13.7. The summed E-state index contributed by atoms with van der Waals surface area (Å²) in [5.74, 6) is 1.72. The van der Waals surface area contributed by atoms with Crippen molar-refractivity contribution in [2.45, 2.75) is 19.4 Å². The molecule has 1 aromatic rings. The van der Waals surface area contributed by atoms with Crippen LogP contribution >= 0.6 is 0 Å². The maximum atomic E-state index is 11.6. The fraction of sp³-hybridized carbons (Fsp3) is 0.500. The predicted octanol–water partition coefficient (Wildman–Crippen LogP) is 1.06. The van der Waals surface area contributed by atoms with E-state index in [2.05, 4.69) is 5.32 Å². The number of methoxy groups -OCH3 is 1. The van der Waals surface area contributed by atoms with Crippen LogP contribution in [-0.2, 0) is 11.3 Å². The highest BCUT2D eigenvalue weighted by atomic mass is 16.5. The predicted molar refractivity (Wildman–Crippen MR) is 72.1 cm³/mol. The minimum atomic E-state index is -0.100. The van der Waals surface area contributed by atoms with Crippen LogP contribution in [0.2, 0.25) is 0 Å². The zero-order valence-electron chi connectivity index (χ0n) is 11.1. The van der Waals surface area contributed by atoms with Gasteiger partial charge in [0.25, 0.3) is 5.91 Å². The average Bonchev–Trinajstić information content (AvgIpc) is 3.26. The zero-order valence-corrected chi connectivity index (χ0v) is 11.1. The van der Waals surface area contributed by atoms with Gasteiger partial charge in [-0.1, -0.05) is 6.07 Å². The van der Waals surface area contributed by atoms with Crippen LogP contribution in [0.3, 0.4) is 0 Å². The van der Waals surface area contributed by atoms with Gasteiger partial charge in [0.1, 0.15) is 0 Å². The average molecular weight is 264 g/mol. The summed E-state index contributed by atoms with van der Waals surface area (Å²) in [6.07, 6.45) is 2.44. The highest BCUT2D eigenvalue weighted by Crippen LogP contribution is 2.28. The van der Waals surface area contributed by atoms with Crippen molar-refractivity contribution in [3.8, 4) is 11.5 Å². The van der Waals surface area contributed by atoms with Crippen molar-refractivity contribution in [1.29, 1.82) is 0 Å². The van der Waals surface area contributed by atoms with E-state index in [1.54, 1.807) is 13.2 Å². The van der Waals surface area contributed by atoms with Crippen molar-refractivity contribution < 1.29 is 14.3 Å². The van der Waals surface area contributed by atoms with Gasteiger partial charge in [0.2, 0.25) is 0 Å². The van der Waals surface area contributed by atoms with E-state index >= 15 is 0 Å². The maximum Gasteiger partial charge on any atom is 0.257 e. The Kier molecular flexibility index (Phi) is 4.63. The highest BCUT2D eigenvalue weighted by molar-refractivity contribution is 5.77. The molecule has 0 saturated heterocycles. The summed E-state index contributed by atoms with van der Waals surface area (Å²) in [6, 6.07) is 5.45. The summed E-state index contributed by atoms with van der Waals surface area (Å²) in [5.41, 5.74) is 6.52. The molecular formula is C14H20N2O3. The van der Waals surface area contributed by atoms with Crippen LogP contribution in [0, 0.1) is 5.92 Å². The van der Waals surface area contributed by atoms with E-state index in [4.69, 9.17) is 15.2 Å². The van der Waals surface area contributed by atoms with Gasteiger partial charge >= 0.3 is 0 Å². The van der Waals surface area contributed by atoms with Crippen LogP contribution < -0.4 is 20.5 Å². The van der Waals surface area contributed by atoms with Crippen LogP contribution in [0.25, 0.3) is 0 Å². The molecule has 0 unspecified atom stereocenters. The number of carbonyl (C=O) groups is 1.